The van der Waals surface area contributed by atoms with Crippen LogP contribution in [-0.2, 0) is 19.6 Å². The van der Waals surface area contributed by atoms with Crippen LogP contribution in [0.3, 0.4) is 0 Å². The van der Waals surface area contributed by atoms with Gasteiger partial charge in [-0.1, -0.05) is 26.7 Å². The Balaban J connectivity index is 2.69. The minimum absolute atomic E-state index is 0.283. The van der Waals surface area contributed by atoms with Crippen LogP contribution in [0.4, 0.5) is 0 Å². The van der Waals surface area contributed by atoms with E-state index in [-0.39, 0.29) is 17.8 Å². The molecule has 7 nitrogen and oxygen atoms in total. The fourth-order valence-electron chi connectivity index (χ4n) is 2.69. The molecule has 0 aliphatic rings. The smallest absolute Gasteiger partial charge is 0.332 e. The van der Waals surface area contributed by atoms with Gasteiger partial charge in [-0.3, -0.25) is 13.9 Å². The van der Waals surface area contributed by atoms with Crippen molar-refractivity contribution < 1.29 is 5.11 Å². The lowest BCUT2D eigenvalue weighted by atomic mass is 10.3. The molecule has 0 saturated heterocycles. The van der Waals surface area contributed by atoms with Gasteiger partial charge in [0.25, 0.3) is 5.56 Å². The molecule has 2 aromatic heterocycles. The van der Waals surface area contributed by atoms with Gasteiger partial charge in [-0.25, -0.2) is 9.78 Å². The number of aliphatic hydroxyl groups excluding tert-OH is 1. The number of hydrogen-bond donors (Lipinski definition) is 1. The maximum absolute atomic E-state index is 12.8. The molecule has 2 aromatic rings. The van der Waals surface area contributed by atoms with Gasteiger partial charge in [0, 0.05) is 13.1 Å². The van der Waals surface area contributed by atoms with E-state index in [4.69, 9.17) is 0 Å². The van der Waals surface area contributed by atoms with Crippen molar-refractivity contribution in [1.29, 1.82) is 0 Å². The number of aromatic nitrogens is 4. The maximum atomic E-state index is 12.8. The summed E-state index contributed by atoms with van der Waals surface area (Å²) in [6, 6.07) is 0. The Hall–Kier alpha value is -1.89. The zero-order valence-electron chi connectivity index (χ0n) is 14.2. The summed E-state index contributed by atoms with van der Waals surface area (Å²) in [5, 5.41) is 9.62. The summed E-state index contributed by atoms with van der Waals surface area (Å²) < 4.78 is 4.54. The van der Waals surface area contributed by atoms with E-state index in [0.717, 1.165) is 25.7 Å². The van der Waals surface area contributed by atoms with Crippen LogP contribution in [0.25, 0.3) is 11.2 Å². The number of aliphatic hydroxyl groups is 1. The molecular weight excluding hydrogens is 296 g/mol. The minimum atomic E-state index is -0.591. The predicted molar refractivity (Wildman–Crippen MR) is 89.7 cm³/mol. The Morgan fingerprint density at radius 3 is 2.30 bits per heavy atom. The summed E-state index contributed by atoms with van der Waals surface area (Å²) in [7, 11) is 0. The van der Waals surface area contributed by atoms with Gasteiger partial charge < -0.3 is 9.67 Å². The highest BCUT2D eigenvalue weighted by Gasteiger charge is 2.18. The van der Waals surface area contributed by atoms with Crippen molar-refractivity contribution >= 4 is 11.2 Å². The van der Waals surface area contributed by atoms with E-state index in [0.29, 0.717) is 24.3 Å². The van der Waals surface area contributed by atoms with Crippen LogP contribution < -0.4 is 11.2 Å². The van der Waals surface area contributed by atoms with Crippen LogP contribution in [0.1, 0.15) is 46.5 Å². The zero-order chi connectivity index (χ0) is 17.0. The van der Waals surface area contributed by atoms with E-state index in [2.05, 4.69) is 11.9 Å². The molecule has 0 amide bonds. The monoisotopic (exact) mass is 322 g/mol. The first-order chi connectivity index (χ1) is 11.0. The number of imidazole rings is 1. The second-order valence-corrected chi connectivity index (χ2v) is 6.02. The average molecular weight is 322 g/mol. The highest BCUT2D eigenvalue weighted by Crippen LogP contribution is 2.09. The molecule has 0 aromatic carbocycles. The molecule has 1 atom stereocenters. The largest absolute Gasteiger partial charge is 0.392 e. The quantitative estimate of drug-likeness (QED) is 0.795. The van der Waals surface area contributed by atoms with Gasteiger partial charge in [-0.2, -0.15) is 0 Å². The lowest BCUT2D eigenvalue weighted by molar-refractivity contribution is 0.175. The number of fused-ring (bicyclic) bond motifs is 1. The Kier molecular flexibility index (Phi) is 5.76. The summed E-state index contributed by atoms with van der Waals surface area (Å²) in [6.45, 7) is 6.98. The number of unbranched alkanes of at least 4 members (excludes halogenated alkanes) is 2. The fraction of sp³-hybridized carbons (Fsp3) is 0.688. The van der Waals surface area contributed by atoms with Gasteiger partial charge in [-0.05, 0) is 19.8 Å². The van der Waals surface area contributed by atoms with Gasteiger partial charge in [0.2, 0.25) is 0 Å². The van der Waals surface area contributed by atoms with Crippen molar-refractivity contribution in [3.63, 3.8) is 0 Å². The molecule has 0 fully saturated rings. The molecule has 1 N–H and O–H groups in total. The van der Waals surface area contributed by atoms with E-state index in [1.165, 1.54) is 10.9 Å². The predicted octanol–water partition coefficient (Wildman–Crippen LogP) is 1.34. The Bertz CT molecular complexity index is 770. The summed E-state index contributed by atoms with van der Waals surface area (Å²) in [4.78, 5) is 29.7. The van der Waals surface area contributed by atoms with E-state index in [9.17, 15) is 14.7 Å². The van der Waals surface area contributed by atoms with Gasteiger partial charge in [0.15, 0.2) is 11.2 Å². The molecule has 2 heterocycles. The van der Waals surface area contributed by atoms with E-state index >= 15 is 0 Å². The normalized spacial score (nSPS) is 12.9. The molecule has 0 aliphatic heterocycles. The third-order valence-electron chi connectivity index (χ3n) is 3.92. The average Bonchev–Trinajstić information content (AvgIpc) is 2.90. The summed E-state index contributed by atoms with van der Waals surface area (Å²) >= 11 is 0. The molecule has 7 heteroatoms. The molecule has 0 radical (unpaired) electrons. The zero-order valence-corrected chi connectivity index (χ0v) is 14.2. The second-order valence-electron chi connectivity index (χ2n) is 6.02. The van der Waals surface area contributed by atoms with Gasteiger partial charge in [0.05, 0.1) is 19.0 Å². The Labute approximate surface area is 135 Å². The Morgan fingerprint density at radius 1 is 1.13 bits per heavy atom. The topological polar surface area (TPSA) is 82.0 Å². The summed E-state index contributed by atoms with van der Waals surface area (Å²) in [5.41, 5.74) is 0.218. The molecule has 128 valence electrons. The van der Waals surface area contributed by atoms with Crippen LogP contribution in [0.5, 0.6) is 0 Å². The second kappa shape index (κ2) is 7.59. The van der Waals surface area contributed by atoms with Crippen LogP contribution >= 0.6 is 0 Å². The number of nitrogens with zero attached hydrogens (tertiary/aromatic N) is 4. The molecule has 2 rings (SSSR count). The fourth-order valence-corrected chi connectivity index (χ4v) is 2.69. The van der Waals surface area contributed by atoms with Crippen LogP contribution in [0.15, 0.2) is 15.9 Å². The van der Waals surface area contributed by atoms with Crippen LogP contribution in [0, 0.1) is 0 Å². The van der Waals surface area contributed by atoms with Crippen molar-refractivity contribution in [2.75, 3.05) is 0 Å². The van der Waals surface area contributed by atoms with Crippen molar-refractivity contribution in [3.8, 4) is 0 Å². The van der Waals surface area contributed by atoms with E-state index < -0.39 is 6.10 Å². The summed E-state index contributed by atoms with van der Waals surface area (Å²) in [5.74, 6) is 0. The molecular formula is C16H26N4O3. The third-order valence-corrected chi connectivity index (χ3v) is 3.92. The van der Waals surface area contributed by atoms with Crippen molar-refractivity contribution in [2.24, 2.45) is 0 Å². The van der Waals surface area contributed by atoms with Crippen molar-refractivity contribution in [2.45, 2.75) is 72.2 Å². The maximum Gasteiger partial charge on any atom is 0.332 e. The Morgan fingerprint density at radius 2 is 1.74 bits per heavy atom. The van der Waals surface area contributed by atoms with Crippen LogP contribution in [0.2, 0.25) is 0 Å². The third kappa shape index (κ3) is 3.55. The molecule has 0 spiro atoms. The lowest BCUT2D eigenvalue weighted by Crippen LogP contribution is -2.41. The molecule has 0 saturated carbocycles. The van der Waals surface area contributed by atoms with Gasteiger partial charge in [-0.15, -0.1) is 0 Å². The molecule has 1 unspecified atom stereocenters. The molecule has 23 heavy (non-hydrogen) atoms. The highest BCUT2D eigenvalue weighted by molar-refractivity contribution is 5.70. The first-order valence-corrected chi connectivity index (χ1v) is 8.37. The standard InChI is InChI=1S/C16H26N4O3/c1-4-6-8-19-14-13(18(11-17-14)10-12(3)21)15(22)20(16(19)23)9-7-5-2/h11-12,21H,4-10H2,1-3H3. The van der Waals surface area contributed by atoms with Crippen molar-refractivity contribution in [3.05, 3.63) is 27.2 Å². The van der Waals surface area contributed by atoms with Crippen LogP contribution in [-0.4, -0.2) is 29.9 Å². The first kappa shape index (κ1) is 17.5. The minimum Gasteiger partial charge on any atom is -0.392 e. The van der Waals surface area contributed by atoms with E-state index in [1.807, 2.05) is 6.92 Å². The summed E-state index contributed by atoms with van der Waals surface area (Å²) in [6.07, 6.45) is 4.43. The number of aryl methyl sites for hydroxylation is 1. The number of rotatable bonds is 8. The van der Waals surface area contributed by atoms with Gasteiger partial charge in [0.1, 0.15) is 0 Å². The SMILES string of the molecule is CCCCn1c(=O)c2c(ncn2CC(C)O)n(CCCC)c1=O. The molecule has 0 bridgehead atoms. The van der Waals surface area contributed by atoms with E-state index in [1.54, 1.807) is 16.1 Å². The molecule has 0 aliphatic carbocycles. The lowest BCUT2D eigenvalue weighted by Gasteiger charge is -2.12. The van der Waals surface area contributed by atoms with Gasteiger partial charge >= 0.3 is 5.69 Å². The van der Waals surface area contributed by atoms with Crippen molar-refractivity contribution in [1.82, 2.24) is 18.7 Å². The first-order valence-electron chi connectivity index (χ1n) is 8.37. The number of hydrogen-bond acceptors (Lipinski definition) is 4. The highest BCUT2D eigenvalue weighted by atomic mass is 16.3.